The Labute approximate surface area is 83.4 Å². The van der Waals surface area contributed by atoms with Crippen molar-refractivity contribution in [3.63, 3.8) is 0 Å². The van der Waals surface area contributed by atoms with Crippen molar-refractivity contribution in [1.82, 2.24) is 4.90 Å². The van der Waals surface area contributed by atoms with Crippen LogP contribution in [0.25, 0.3) is 0 Å². The lowest BCUT2D eigenvalue weighted by Crippen LogP contribution is -2.33. The van der Waals surface area contributed by atoms with E-state index in [1.165, 1.54) is 0 Å². The molecule has 3 heteroatoms. The Bertz CT molecular complexity index is 122. The van der Waals surface area contributed by atoms with Gasteiger partial charge in [-0.1, -0.05) is 29.8 Å². The second-order valence-corrected chi connectivity index (χ2v) is 3.61. The van der Waals surface area contributed by atoms with Crippen LogP contribution in [0.5, 0.6) is 0 Å². The van der Waals surface area contributed by atoms with Crippen molar-refractivity contribution in [2.45, 2.75) is 33.1 Å². The molecular formula is C9H18BrNO. The minimum absolute atomic E-state index is 0.291. The number of alkyl halides is 1. The van der Waals surface area contributed by atoms with Crippen molar-refractivity contribution in [1.29, 1.82) is 0 Å². The first-order valence-electron chi connectivity index (χ1n) is 4.60. The zero-order valence-corrected chi connectivity index (χ0v) is 9.56. The van der Waals surface area contributed by atoms with E-state index in [-0.39, 0.29) is 0 Å². The van der Waals surface area contributed by atoms with E-state index in [1.807, 2.05) is 11.8 Å². The summed E-state index contributed by atoms with van der Waals surface area (Å²) in [4.78, 5) is 13.4. The molecule has 0 aromatic heterocycles. The number of hydrogen-bond acceptors (Lipinski definition) is 1. The summed E-state index contributed by atoms with van der Waals surface area (Å²) in [5.74, 6) is 0.291. The summed E-state index contributed by atoms with van der Waals surface area (Å²) in [5.41, 5.74) is 0. The third kappa shape index (κ3) is 4.75. The van der Waals surface area contributed by atoms with E-state index in [9.17, 15) is 4.79 Å². The SMILES string of the molecule is CCCC(=O)N(CCC)CCBr. The van der Waals surface area contributed by atoms with E-state index in [0.29, 0.717) is 12.3 Å². The van der Waals surface area contributed by atoms with Crippen LogP contribution in [0.3, 0.4) is 0 Å². The molecule has 0 aromatic rings. The highest BCUT2D eigenvalue weighted by Gasteiger charge is 2.09. The molecule has 1 amide bonds. The minimum atomic E-state index is 0.291. The van der Waals surface area contributed by atoms with E-state index in [4.69, 9.17) is 0 Å². The summed E-state index contributed by atoms with van der Waals surface area (Å²) in [7, 11) is 0. The molecule has 72 valence electrons. The molecule has 0 aliphatic heterocycles. The van der Waals surface area contributed by atoms with Crippen LogP contribution in [-0.2, 0) is 4.79 Å². The van der Waals surface area contributed by atoms with Gasteiger partial charge in [-0.15, -0.1) is 0 Å². The number of rotatable bonds is 6. The summed E-state index contributed by atoms with van der Waals surface area (Å²) in [5, 5.41) is 0.877. The quantitative estimate of drug-likeness (QED) is 0.648. The zero-order chi connectivity index (χ0) is 9.40. The minimum Gasteiger partial charge on any atom is -0.342 e. The number of halogens is 1. The van der Waals surface area contributed by atoms with Gasteiger partial charge in [0.1, 0.15) is 0 Å². The van der Waals surface area contributed by atoms with Gasteiger partial charge in [-0.05, 0) is 12.8 Å². The maximum atomic E-state index is 11.4. The van der Waals surface area contributed by atoms with Crippen molar-refractivity contribution in [2.75, 3.05) is 18.4 Å². The Morgan fingerprint density at radius 2 is 1.92 bits per heavy atom. The summed E-state index contributed by atoms with van der Waals surface area (Å²) < 4.78 is 0. The number of nitrogens with zero attached hydrogens (tertiary/aromatic N) is 1. The molecule has 0 atom stereocenters. The number of hydrogen-bond donors (Lipinski definition) is 0. The zero-order valence-electron chi connectivity index (χ0n) is 7.98. The van der Waals surface area contributed by atoms with Crippen LogP contribution in [0.1, 0.15) is 33.1 Å². The first-order chi connectivity index (χ1) is 5.76. The Hall–Kier alpha value is -0.0500. The van der Waals surface area contributed by atoms with E-state index in [0.717, 1.165) is 31.3 Å². The molecule has 2 nitrogen and oxygen atoms in total. The van der Waals surface area contributed by atoms with E-state index in [2.05, 4.69) is 22.9 Å². The smallest absolute Gasteiger partial charge is 0.222 e. The van der Waals surface area contributed by atoms with Crippen molar-refractivity contribution in [3.05, 3.63) is 0 Å². The van der Waals surface area contributed by atoms with Crippen LogP contribution >= 0.6 is 15.9 Å². The van der Waals surface area contributed by atoms with Crippen LogP contribution < -0.4 is 0 Å². The van der Waals surface area contributed by atoms with Crippen molar-refractivity contribution in [2.24, 2.45) is 0 Å². The molecular weight excluding hydrogens is 218 g/mol. The first kappa shape index (κ1) is 11.9. The molecule has 0 rings (SSSR count). The van der Waals surface area contributed by atoms with Gasteiger partial charge < -0.3 is 4.90 Å². The van der Waals surface area contributed by atoms with Crippen LogP contribution in [-0.4, -0.2) is 29.2 Å². The fraction of sp³-hybridized carbons (Fsp3) is 0.889. The third-order valence-corrected chi connectivity index (χ3v) is 2.02. The van der Waals surface area contributed by atoms with Gasteiger partial charge in [0.25, 0.3) is 0 Å². The predicted octanol–water partition coefficient (Wildman–Crippen LogP) is 2.42. The lowest BCUT2D eigenvalue weighted by molar-refractivity contribution is -0.131. The average Bonchev–Trinajstić information content (AvgIpc) is 2.04. The van der Waals surface area contributed by atoms with Crippen molar-refractivity contribution < 1.29 is 4.79 Å². The van der Waals surface area contributed by atoms with Gasteiger partial charge in [0, 0.05) is 24.8 Å². The Morgan fingerprint density at radius 3 is 2.33 bits per heavy atom. The largest absolute Gasteiger partial charge is 0.342 e. The molecule has 0 unspecified atom stereocenters. The molecule has 0 fully saturated rings. The van der Waals surface area contributed by atoms with Crippen LogP contribution in [0, 0.1) is 0 Å². The molecule has 0 saturated heterocycles. The van der Waals surface area contributed by atoms with Gasteiger partial charge in [0.2, 0.25) is 5.91 Å². The maximum absolute atomic E-state index is 11.4. The number of amides is 1. The normalized spacial score (nSPS) is 9.92. The molecule has 0 aromatic carbocycles. The predicted molar refractivity (Wildman–Crippen MR) is 55.6 cm³/mol. The first-order valence-corrected chi connectivity index (χ1v) is 5.72. The van der Waals surface area contributed by atoms with Crippen LogP contribution in [0.4, 0.5) is 0 Å². The summed E-state index contributed by atoms with van der Waals surface area (Å²) >= 11 is 3.35. The fourth-order valence-corrected chi connectivity index (χ4v) is 1.53. The monoisotopic (exact) mass is 235 g/mol. The van der Waals surface area contributed by atoms with Gasteiger partial charge in [-0.2, -0.15) is 0 Å². The van der Waals surface area contributed by atoms with Crippen LogP contribution in [0.15, 0.2) is 0 Å². The molecule has 0 heterocycles. The second kappa shape index (κ2) is 7.59. The third-order valence-electron chi connectivity index (χ3n) is 1.66. The molecule has 0 saturated carbocycles. The maximum Gasteiger partial charge on any atom is 0.222 e. The summed E-state index contributed by atoms with van der Waals surface area (Å²) in [6.45, 7) is 5.87. The Morgan fingerprint density at radius 1 is 1.25 bits per heavy atom. The topological polar surface area (TPSA) is 20.3 Å². The lowest BCUT2D eigenvalue weighted by Gasteiger charge is -2.20. The summed E-state index contributed by atoms with van der Waals surface area (Å²) in [6, 6.07) is 0. The molecule has 0 radical (unpaired) electrons. The van der Waals surface area contributed by atoms with Crippen molar-refractivity contribution >= 4 is 21.8 Å². The highest BCUT2D eigenvalue weighted by molar-refractivity contribution is 9.09. The summed E-state index contributed by atoms with van der Waals surface area (Å²) in [6.07, 6.45) is 2.68. The Kier molecular flexibility index (Phi) is 7.56. The van der Waals surface area contributed by atoms with Crippen molar-refractivity contribution in [3.8, 4) is 0 Å². The second-order valence-electron chi connectivity index (χ2n) is 2.82. The molecule has 0 bridgehead atoms. The highest BCUT2D eigenvalue weighted by Crippen LogP contribution is 2.00. The Balaban J connectivity index is 3.81. The number of carbonyl (C=O) groups is 1. The molecule has 0 N–H and O–H groups in total. The van der Waals surface area contributed by atoms with Gasteiger partial charge in [-0.3, -0.25) is 4.79 Å². The average molecular weight is 236 g/mol. The molecule has 0 spiro atoms. The van der Waals surface area contributed by atoms with Gasteiger partial charge in [-0.25, -0.2) is 0 Å². The van der Waals surface area contributed by atoms with Gasteiger partial charge in [0.15, 0.2) is 0 Å². The van der Waals surface area contributed by atoms with Gasteiger partial charge >= 0.3 is 0 Å². The molecule has 12 heavy (non-hydrogen) atoms. The van der Waals surface area contributed by atoms with E-state index in [1.54, 1.807) is 0 Å². The van der Waals surface area contributed by atoms with Gasteiger partial charge in [0.05, 0.1) is 0 Å². The van der Waals surface area contributed by atoms with E-state index >= 15 is 0 Å². The molecule has 0 aliphatic carbocycles. The molecule has 0 aliphatic rings. The van der Waals surface area contributed by atoms with E-state index < -0.39 is 0 Å². The fourth-order valence-electron chi connectivity index (χ4n) is 1.11. The highest BCUT2D eigenvalue weighted by atomic mass is 79.9. The standard InChI is InChI=1S/C9H18BrNO/c1-3-5-9(12)11(7-4-2)8-6-10/h3-8H2,1-2H3. The number of carbonyl (C=O) groups excluding carboxylic acids is 1. The lowest BCUT2D eigenvalue weighted by atomic mass is 10.3. The van der Waals surface area contributed by atoms with Crippen LogP contribution in [0.2, 0.25) is 0 Å².